The SMILES string of the molecule is CCOC(=O)c1cc(C(=O)OCC(=O)Nc2ccc(OC(F)(F)F)cc2)cc([N+](=O)[O-])c1. The van der Waals surface area contributed by atoms with Crippen LogP contribution in [0.4, 0.5) is 24.5 Å². The van der Waals surface area contributed by atoms with E-state index in [-0.39, 0.29) is 23.4 Å². The number of non-ortho nitro benzene ring substituents is 1. The van der Waals surface area contributed by atoms with Crippen molar-refractivity contribution in [1.82, 2.24) is 0 Å². The van der Waals surface area contributed by atoms with Crippen LogP contribution < -0.4 is 10.1 Å². The van der Waals surface area contributed by atoms with E-state index >= 15 is 0 Å². The lowest BCUT2D eigenvalue weighted by atomic mass is 10.1. The van der Waals surface area contributed by atoms with E-state index in [1.165, 1.54) is 6.92 Å². The van der Waals surface area contributed by atoms with E-state index < -0.39 is 47.2 Å². The summed E-state index contributed by atoms with van der Waals surface area (Å²) in [7, 11) is 0. The number of hydrogen-bond acceptors (Lipinski definition) is 8. The average Bonchev–Trinajstić information content (AvgIpc) is 2.72. The smallest absolute Gasteiger partial charge is 0.462 e. The summed E-state index contributed by atoms with van der Waals surface area (Å²) in [6.07, 6.45) is -4.86. The summed E-state index contributed by atoms with van der Waals surface area (Å²) < 4.78 is 49.6. The molecule has 0 aliphatic carbocycles. The van der Waals surface area contributed by atoms with Crippen molar-refractivity contribution in [3.05, 3.63) is 63.7 Å². The van der Waals surface area contributed by atoms with Crippen molar-refractivity contribution in [3.8, 4) is 5.75 Å². The van der Waals surface area contributed by atoms with Gasteiger partial charge in [0.15, 0.2) is 6.61 Å². The molecule has 0 aromatic heterocycles. The third-order valence-electron chi connectivity index (χ3n) is 3.58. The minimum absolute atomic E-state index is 0.00475. The summed E-state index contributed by atoms with van der Waals surface area (Å²) in [6.45, 7) is 0.724. The molecule has 0 saturated heterocycles. The standard InChI is InChI=1S/C19H15F3N2O8/c1-2-30-17(26)11-7-12(9-14(8-11)24(28)29)18(27)31-10-16(25)23-13-3-5-15(6-4-13)32-19(20,21)22/h3-9H,2,10H2,1H3,(H,23,25). The van der Waals surface area contributed by atoms with Crippen molar-refractivity contribution in [2.45, 2.75) is 13.3 Å². The van der Waals surface area contributed by atoms with Crippen molar-refractivity contribution < 1.29 is 46.7 Å². The summed E-state index contributed by atoms with van der Waals surface area (Å²) in [5, 5.41) is 13.3. The predicted octanol–water partition coefficient (Wildman–Crippen LogP) is 3.47. The highest BCUT2D eigenvalue weighted by Crippen LogP contribution is 2.24. The van der Waals surface area contributed by atoms with Gasteiger partial charge in [-0.15, -0.1) is 13.2 Å². The second-order valence-electron chi connectivity index (χ2n) is 5.94. The minimum atomic E-state index is -4.86. The lowest BCUT2D eigenvalue weighted by molar-refractivity contribution is -0.384. The van der Waals surface area contributed by atoms with E-state index in [2.05, 4.69) is 10.1 Å². The highest BCUT2D eigenvalue weighted by Gasteiger charge is 2.31. The van der Waals surface area contributed by atoms with Gasteiger partial charge in [0, 0.05) is 17.8 Å². The van der Waals surface area contributed by atoms with Crippen molar-refractivity contribution in [1.29, 1.82) is 0 Å². The van der Waals surface area contributed by atoms with Crippen LogP contribution in [0.5, 0.6) is 5.75 Å². The Kier molecular flexibility index (Phi) is 7.71. The van der Waals surface area contributed by atoms with Crippen LogP contribution in [0.25, 0.3) is 0 Å². The first-order valence-electron chi connectivity index (χ1n) is 8.78. The quantitative estimate of drug-likeness (QED) is 0.363. The van der Waals surface area contributed by atoms with Crippen LogP contribution in [0, 0.1) is 10.1 Å². The zero-order valence-corrected chi connectivity index (χ0v) is 16.3. The maximum absolute atomic E-state index is 12.2. The number of nitrogens with zero attached hydrogens (tertiary/aromatic N) is 1. The van der Waals surface area contributed by atoms with Crippen molar-refractivity contribution >= 4 is 29.2 Å². The normalized spacial score (nSPS) is 10.8. The Labute approximate surface area is 178 Å². The number of nitro groups is 1. The number of carbonyl (C=O) groups excluding carboxylic acids is 3. The summed E-state index contributed by atoms with van der Waals surface area (Å²) in [4.78, 5) is 46.2. The van der Waals surface area contributed by atoms with E-state index in [1.807, 2.05) is 0 Å². The summed E-state index contributed by atoms with van der Waals surface area (Å²) in [5.41, 5.74) is -1.07. The molecule has 2 aromatic carbocycles. The van der Waals surface area contributed by atoms with Crippen molar-refractivity contribution in [3.63, 3.8) is 0 Å². The Balaban J connectivity index is 2.01. The molecule has 0 radical (unpaired) electrons. The van der Waals surface area contributed by atoms with Crippen molar-refractivity contribution in [2.75, 3.05) is 18.5 Å². The average molecular weight is 456 g/mol. The highest BCUT2D eigenvalue weighted by molar-refractivity contribution is 5.98. The van der Waals surface area contributed by atoms with E-state index in [0.717, 1.165) is 42.5 Å². The van der Waals surface area contributed by atoms with Gasteiger partial charge in [-0.1, -0.05) is 0 Å². The first-order valence-corrected chi connectivity index (χ1v) is 8.78. The van der Waals surface area contributed by atoms with Crippen LogP contribution in [-0.2, 0) is 14.3 Å². The molecule has 0 aliphatic heterocycles. The summed E-state index contributed by atoms with van der Waals surface area (Å²) in [6, 6.07) is 7.00. The Hall–Kier alpha value is -4.16. The number of alkyl halides is 3. The second kappa shape index (κ2) is 10.2. The molecule has 1 N–H and O–H groups in total. The Bertz CT molecular complexity index is 1020. The van der Waals surface area contributed by atoms with Gasteiger partial charge in [0.2, 0.25) is 0 Å². The number of anilines is 1. The first-order chi connectivity index (χ1) is 15.0. The van der Waals surface area contributed by atoms with Crippen LogP contribution in [-0.4, -0.2) is 42.3 Å². The maximum Gasteiger partial charge on any atom is 0.573 e. The third kappa shape index (κ3) is 7.27. The number of benzene rings is 2. The van der Waals surface area contributed by atoms with E-state index in [9.17, 15) is 37.7 Å². The zero-order valence-electron chi connectivity index (χ0n) is 16.3. The fraction of sp³-hybridized carbons (Fsp3) is 0.211. The lowest BCUT2D eigenvalue weighted by Gasteiger charge is -2.10. The molecule has 1 amide bonds. The Morgan fingerprint density at radius 1 is 1.00 bits per heavy atom. The molecular weight excluding hydrogens is 441 g/mol. The molecule has 13 heteroatoms. The third-order valence-corrected chi connectivity index (χ3v) is 3.58. The Morgan fingerprint density at radius 3 is 2.06 bits per heavy atom. The highest BCUT2D eigenvalue weighted by atomic mass is 19.4. The number of amides is 1. The van der Waals surface area contributed by atoms with Gasteiger partial charge >= 0.3 is 18.3 Å². The Morgan fingerprint density at radius 2 is 1.56 bits per heavy atom. The number of carbonyl (C=O) groups is 3. The number of nitrogens with one attached hydrogen (secondary N) is 1. The molecule has 10 nitrogen and oxygen atoms in total. The van der Waals surface area contributed by atoms with Crippen LogP contribution in [0.2, 0.25) is 0 Å². The topological polar surface area (TPSA) is 134 Å². The number of ether oxygens (including phenoxy) is 3. The first kappa shape index (κ1) is 24.1. The molecule has 0 fully saturated rings. The van der Waals surface area contributed by atoms with E-state index in [4.69, 9.17) is 9.47 Å². The molecule has 170 valence electrons. The minimum Gasteiger partial charge on any atom is -0.462 e. The van der Waals surface area contributed by atoms with Crippen LogP contribution in [0.3, 0.4) is 0 Å². The van der Waals surface area contributed by atoms with E-state index in [1.54, 1.807) is 0 Å². The number of hydrogen-bond donors (Lipinski definition) is 1. The van der Waals surface area contributed by atoms with Gasteiger partial charge in [-0.2, -0.15) is 0 Å². The molecule has 0 atom stereocenters. The van der Waals surface area contributed by atoms with E-state index in [0.29, 0.717) is 0 Å². The van der Waals surface area contributed by atoms with Crippen LogP contribution in [0.1, 0.15) is 27.6 Å². The predicted molar refractivity (Wildman–Crippen MR) is 101 cm³/mol. The molecule has 0 unspecified atom stereocenters. The van der Waals surface area contributed by atoms with Gasteiger partial charge in [-0.25, -0.2) is 9.59 Å². The molecule has 0 aliphatic rings. The van der Waals surface area contributed by atoms with Gasteiger partial charge in [0.25, 0.3) is 11.6 Å². The monoisotopic (exact) mass is 456 g/mol. The number of nitro benzene ring substituents is 1. The van der Waals surface area contributed by atoms with Crippen molar-refractivity contribution in [2.24, 2.45) is 0 Å². The fourth-order valence-corrected chi connectivity index (χ4v) is 2.32. The molecule has 0 heterocycles. The van der Waals surface area contributed by atoms with Gasteiger partial charge in [0.05, 0.1) is 22.7 Å². The fourth-order valence-electron chi connectivity index (χ4n) is 2.32. The van der Waals surface area contributed by atoms with Gasteiger partial charge < -0.3 is 19.5 Å². The molecule has 0 spiro atoms. The molecule has 32 heavy (non-hydrogen) atoms. The number of halogens is 3. The largest absolute Gasteiger partial charge is 0.573 e. The number of esters is 2. The lowest BCUT2D eigenvalue weighted by Crippen LogP contribution is -2.21. The summed E-state index contributed by atoms with van der Waals surface area (Å²) >= 11 is 0. The van der Waals surface area contributed by atoms with Gasteiger partial charge in [-0.3, -0.25) is 14.9 Å². The molecule has 2 rings (SSSR count). The molecule has 0 bridgehead atoms. The zero-order chi connectivity index (χ0) is 23.9. The number of rotatable bonds is 8. The maximum atomic E-state index is 12.2. The molecule has 2 aromatic rings. The van der Waals surface area contributed by atoms with Gasteiger partial charge in [0.1, 0.15) is 5.75 Å². The molecule has 0 saturated carbocycles. The van der Waals surface area contributed by atoms with Crippen LogP contribution in [0.15, 0.2) is 42.5 Å². The van der Waals surface area contributed by atoms with Crippen LogP contribution >= 0.6 is 0 Å². The summed E-state index contributed by atoms with van der Waals surface area (Å²) in [5.74, 6) is -3.34. The molecular formula is C19H15F3N2O8. The second-order valence-corrected chi connectivity index (χ2v) is 5.94. The van der Waals surface area contributed by atoms with Gasteiger partial charge in [-0.05, 0) is 37.3 Å².